The van der Waals surface area contributed by atoms with Crippen LogP contribution >= 0.6 is 21.7 Å². The Morgan fingerprint density at radius 3 is 1.21 bits per heavy atom. The molecule has 0 atom stereocenters. The van der Waals surface area contributed by atoms with Crippen molar-refractivity contribution < 1.29 is 29.9 Å². The molecule has 148 valence electrons. The van der Waals surface area contributed by atoms with E-state index in [9.17, 15) is 4.79 Å². The van der Waals surface area contributed by atoms with Crippen molar-refractivity contribution in [2.45, 2.75) is 12.8 Å². The van der Waals surface area contributed by atoms with Crippen LogP contribution in [0, 0.1) is 0 Å². The van der Waals surface area contributed by atoms with E-state index >= 15 is 0 Å². The van der Waals surface area contributed by atoms with Crippen LogP contribution in [-0.4, -0.2) is 73.3 Å². The predicted octanol–water partition coefficient (Wildman–Crippen LogP) is 2.04. The van der Waals surface area contributed by atoms with E-state index in [1.54, 1.807) is 42.7 Å². The van der Waals surface area contributed by atoms with Gasteiger partial charge in [-0.1, -0.05) is 0 Å². The second-order valence-corrected chi connectivity index (χ2v) is 9.46. The van der Waals surface area contributed by atoms with Crippen molar-refractivity contribution in [1.29, 1.82) is 0 Å². The summed E-state index contributed by atoms with van der Waals surface area (Å²) in [5, 5.41) is 5.55. The van der Waals surface area contributed by atoms with Gasteiger partial charge in [0.05, 0.1) is 64.4 Å². The maximum atomic E-state index is 11.7. The van der Waals surface area contributed by atoms with Gasteiger partial charge in [0.2, 0.25) is 0 Å². The molecule has 24 heavy (non-hydrogen) atoms. The van der Waals surface area contributed by atoms with Gasteiger partial charge in [0.1, 0.15) is 0 Å². The highest BCUT2D eigenvalue weighted by atomic mass is 32.3. The number of hydrogen-bond donors (Lipinski definition) is 2. The van der Waals surface area contributed by atoms with Gasteiger partial charge in [-0.25, -0.2) is 4.79 Å². The first kappa shape index (κ1) is 23.7. The molecule has 0 aromatic rings. The molecule has 2 N–H and O–H groups in total. The zero-order valence-electron chi connectivity index (χ0n) is 15.4. The standard InChI is InChI=1S/C13H32N2O7S2/c1-17-23(18-2,19-3)11-7-9-14-13(16)15-10-8-12-24(20-4,21-5)22-6/h7-12H2,1-6H3,(H2,14,15,16). The number of carbonyl (C=O) groups excluding carboxylic acids is 1. The summed E-state index contributed by atoms with van der Waals surface area (Å²) < 4.78 is 31.6. The molecule has 0 bridgehead atoms. The van der Waals surface area contributed by atoms with Gasteiger partial charge in [0.25, 0.3) is 0 Å². The molecule has 0 radical (unpaired) electrons. The fourth-order valence-electron chi connectivity index (χ4n) is 1.87. The molecule has 0 rings (SSSR count). The van der Waals surface area contributed by atoms with E-state index in [1.807, 2.05) is 0 Å². The summed E-state index contributed by atoms with van der Waals surface area (Å²) in [6.07, 6.45) is 1.37. The number of urea groups is 1. The fourth-order valence-corrected chi connectivity index (χ4v) is 4.68. The lowest BCUT2D eigenvalue weighted by molar-refractivity contribution is 0.238. The third kappa shape index (κ3) is 8.21. The second-order valence-electron chi connectivity index (χ2n) is 4.41. The predicted molar refractivity (Wildman–Crippen MR) is 97.6 cm³/mol. The smallest absolute Gasteiger partial charge is 0.314 e. The molecule has 11 heteroatoms. The first-order valence-electron chi connectivity index (χ1n) is 7.44. The molecule has 0 spiro atoms. The first-order valence-corrected chi connectivity index (χ1v) is 10.6. The van der Waals surface area contributed by atoms with Gasteiger partial charge < -0.3 is 10.6 Å². The van der Waals surface area contributed by atoms with Crippen LogP contribution in [0.4, 0.5) is 4.79 Å². The molecule has 0 aromatic carbocycles. The van der Waals surface area contributed by atoms with Crippen molar-refractivity contribution >= 4 is 27.8 Å². The summed E-state index contributed by atoms with van der Waals surface area (Å²) in [4.78, 5) is 11.7. The zero-order chi connectivity index (χ0) is 18.5. The highest BCUT2D eigenvalue weighted by molar-refractivity contribution is 8.22. The van der Waals surface area contributed by atoms with Gasteiger partial charge >= 0.3 is 6.03 Å². The zero-order valence-corrected chi connectivity index (χ0v) is 17.0. The Kier molecular flexibility index (Phi) is 12.9. The van der Waals surface area contributed by atoms with Crippen molar-refractivity contribution in [3.8, 4) is 0 Å². The third-order valence-corrected chi connectivity index (χ3v) is 7.86. The molecular formula is C13H32N2O7S2. The van der Waals surface area contributed by atoms with Gasteiger partial charge in [-0.3, -0.25) is 25.1 Å². The molecule has 0 heterocycles. The van der Waals surface area contributed by atoms with Crippen molar-refractivity contribution in [3.63, 3.8) is 0 Å². The maximum absolute atomic E-state index is 11.7. The molecule has 0 aliphatic rings. The number of hydrogen-bond acceptors (Lipinski definition) is 7. The van der Waals surface area contributed by atoms with E-state index in [0.29, 0.717) is 37.4 Å². The minimum absolute atomic E-state index is 0.226. The first-order chi connectivity index (χ1) is 11.5. The largest absolute Gasteiger partial charge is 0.338 e. The van der Waals surface area contributed by atoms with E-state index in [-0.39, 0.29) is 6.03 Å². The number of carbonyl (C=O) groups is 1. The summed E-state index contributed by atoms with van der Waals surface area (Å²) in [5.41, 5.74) is 0. The maximum Gasteiger partial charge on any atom is 0.314 e. The van der Waals surface area contributed by atoms with Crippen LogP contribution in [0.3, 0.4) is 0 Å². The van der Waals surface area contributed by atoms with Crippen LogP contribution in [0.1, 0.15) is 12.8 Å². The lowest BCUT2D eigenvalue weighted by Crippen LogP contribution is -2.37. The Hall–Kier alpha value is -0.270. The van der Waals surface area contributed by atoms with Crippen molar-refractivity contribution in [1.82, 2.24) is 10.6 Å². The molecule has 0 unspecified atom stereocenters. The van der Waals surface area contributed by atoms with E-state index in [1.165, 1.54) is 0 Å². The van der Waals surface area contributed by atoms with E-state index < -0.39 is 21.7 Å². The molecule has 2 amide bonds. The minimum Gasteiger partial charge on any atom is -0.338 e. The molecule has 0 aliphatic carbocycles. The summed E-state index contributed by atoms with van der Waals surface area (Å²) in [7, 11) is 5.35. The van der Waals surface area contributed by atoms with Gasteiger partial charge in [-0.05, 0) is 12.8 Å². The van der Waals surface area contributed by atoms with Crippen LogP contribution in [0.15, 0.2) is 0 Å². The molecule has 0 saturated heterocycles. The van der Waals surface area contributed by atoms with E-state index in [0.717, 1.165) is 0 Å². The average molecular weight is 393 g/mol. The van der Waals surface area contributed by atoms with Crippen LogP contribution in [0.2, 0.25) is 0 Å². The second kappa shape index (κ2) is 13.0. The Bertz CT molecular complexity index is 296. The van der Waals surface area contributed by atoms with Crippen LogP contribution in [0.5, 0.6) is 0 Å². The summed E-state index contributed by atoms with van der Waals surface area (Å²) >= 11 is 0. The fraction of sp³-hybridized carbons (Fsp3) is 0.923. The average Bonchev–Trinajstić information content (AvgIpc) is 2.63. The number of amides is 2. The molecule has 0 fully saturated rings. The van der Waals surface area contributed by atoms with Gasteiger partial charge in [0.15, 0.2) is 0 Å². The van der Waals surface area contributed by atoms with Crippen molar-refractivity contribution in [2.75, 3.05) is 67.3 Å². The normalized spacial score (nSPS) is 13.6. The number of rotatable bonds is 14. The Morgan fingerprint density at radius 1 is 0.667 bits per heavy atom. The van der Waals surface area contributed by atoms with E-state index in [4.69, 9.17) is 25.1 Å². The monoisotopic (exact) mass is 392 g/mol. The Balaban J connectivity index is 3.88. The summed E-state index contributed by atoms with van der Waals surface area (Å²) in [6.45, 7) is 1.00. The van der Waals surface area contributed by atoms with E-state index in [2.05, 4.69) is 10.6 Å². The quantitative estimate of drug-likeness (QED) is 0.437. The molecule has 0 aliphatic heterocycles. The van der Waals surface area contributed by atoms with Crippen molar-refractivity contribution in [3.05, 3.63) is 0 Å². The topological polar surface area (TPSA) is 96.5 Å². The highest BCUT2D eigenvalue weighted by Crippen LogP contribution is 2.50. The Labute approximate surface area is 148 Å². The van der Waals surface area contributed by atoms with Gasteiger partial charge in [-0.2, -0.15) is 0 Å². The van der Waals surface area contributed by atoms with Crippen molar-refractivity contribution in [2.24, 2.45) is 0 Å². The lowest BCUT2D eigenvalue weighted by Gasteiger charge is -2.33. The van der Waals surface area contributed by atoms with Gasteiger partial charge in [-0.15, -0.1) is 0 Å². The lowest BCUT2D eigenvalue weighted by atomic mass is 10.4. The molecule has 0 saturated carbocycles. The summed E-state index contributed by atoms with van der Waals surface area (Å²) in [6, 6.07) is -0.226. The number of nitrogens with one attached hydrogen (secondary N) is 2. The van der Waals surface area contributed by atoms with Gasteiger partial charge in [0, 0.05) is 24.6 Å². The molecule has 9 nitrogen and oxygen atoms in total. The molecule has 0 aromatic heterocycles. The molecular weight excluding hydrogens is 360 g/mol. The van der Waals surface area contributed by atoms with Crippen LogP contribution < -0.4 is 10.6 Å². The highest BCUT2D eigenvalue weighted by Gasteiger charge is 2.23. The SMILES string of the molecule is COS(CCCNC(=O)NCCCS(OC)(OC)OC)(OC)OC. The summed E-state index contributed by atoms with van der Waals surface area (Å²) in [5.74, 6) is 1.16. The van der Waals surface area contributed by atoms with Crippen LogP contribution in [-0.2, 0) is 25.1 Å². The Morgan fingerprint density at radius 2 is 0.958 bits per heavy atom. The minimum atomic E-state index is -1.96. The third-order valence-electron chi connectivity index (χ3n) is 3.24. The van der Waals surface area contributed by atoms with Crippen LogP contribution in [0.25, 0.3) is 0 Å².